The Labute approximate surface area is 173 Å². The molecule has 2 amide bonds. The minimum absolute atomic E-state index is 0.0771. The predicted molar refractivity (Wildman–Crippen MR) is 110 cm³/mol. The topological polar surface area (TPSA) is 59.1 Å². The van der Waals surface area contributed by atoms with Gasteiger partial charge in [0.25, 0.3) is 5.91 Å². The van der Waals surface area contributed by atoms with Gasteiger partial charge in [-0.25, -0.2) is 0 Å². The molecule has 1 heterocycles. The molecule has 0 spiro atoms. The lowest BCUT2D eigenvalue weighted by Gasteiger charge is -2.35. The van der Waals surface area contributed by atoms with Crippen molar-refractivity contribution in [3.8, 4) is 11.5 Å². The standard InChI is InChI=1S/C21H23BrN2O4/c1-27-18-12-16(13-19(14-18)28-2)21(26)24-8-6-23(7-9-24)20(25)11-15-4-3-5-17(22)10-15/h3-5,10,12-14H,6-9,11H2,1-2H3. The van der Waals surface area contributed by atoms with E-state index >= 15 is 0 Å². The van der Waals surface area contributed by atoms with Crippen molar-refractivity contribution < 1.29 is 19.1 Å². The van der Waals surface area contributed by atoms with Gasteiger partial charge in [-0.3, -0.25) is 9.59 Å². The van der Waals surface area contributed by atoms with Gasteiger partial charge < -0.3 is 19.3 Å². The Kier molecular flexibility index (Phi) is 6.57. The van der Waals surface area contributed by atoms with E-state index in [0.717, 1.165) is 10.0 Å². The minimum atomic E-state index is -0.0868. The number of amides is 2. The normalized spacial score (nSPS) is 14.0. The van der Waals surface area contributed by atoms with Crippen LogP contribution in [0, 0.1) is 0 Å². The van der Waals surface area contributed by atoms with Crippen LogP contribution < -0.4 is 9.47 Å². The van der Waals surface area contributed by atoms with Crippen molar-refractivity contribution >= 4 is 27.7 Å². The first-order valence-electron chi connectivity index (χ1n) is 9.04. The van der Waals surface area contributed by atoms with E-state index in [9.17, 15) is 9.59 Å². The summed E-state index contributed by atoms with van der Waals surface area (Å²) in [5.74, 6) is 1.14. The number of carbonyl (C=O) groups is 2. The molecule has 0 saturated carbocycles. The van der Waals surface area contributed by atoms with E-state index in [-0.39, 0.29) is 11.8 Å². The van der Waals surface area contributed by atoms with Crippen LogP contribution in [-0.4, -0.2) is 62.0 Å². The molecule has 2 aromatic rings. The molecule has 2 aromatic carbocycles. The molecular formula is C21H23BrN2O4. The Morgan fingerprint density at radius 1 is 0.929 bits per heavy atom. The Bertz CT molecular complexity index is 841. The van der Waals surface area contributed by atoms with Crippen LogP contribution in [-0.2, 0) is 11.2 Å². The summed E-state index contributed by atoms with van der Waals surface area (Å²) in [6.45, 7) is 2.06. The van der Waals surface area contributed by atoms with E-state index < -0.39 is 0 Å². The number of rotatable bonds is 5. The van der Waals surface area contributed by atoms with E-state index in [0.29, 0.717) is 49.7 Å². The number of halogens is 1. The summed E-state index contributed by atoms with van der Waals surface area (Å²) >= 11 is 3.43. The van der Waals surface area contributed by atoms with Gasteiger partial charge in [0.2, 0.25) is 5.91 Å². The van der Waals surface area contributed by atoms with Crippen molar-refractivity contribution in [1.82, 2.24) is 9.80 Å². The smallest absolute Gasteiger partial charge is 0.254 e. The molecule has 1 saturated heterocycles. The minimum Gasteiger partial charge on any atom is -0.497 e. The highest BCUT2D eigenvalue weighted by Crippen LogP contribution is 2.24. The lowest BCUT2D eigenvalue weighted by Crippen LogP contribution is -2.51. The van der Waals surface area contributed by atoms with E-state index in [1.807, 2.05) is 29.2 Å². The molecule has 1 fully saturated rings. The monoisotopic (exact) mass is 446 g/mol. The average molecular weight is 447 g/mol. The first-order valence-corrected chi connectivity index (χ1v) is 9.84. The average Bonchev–Trinajstić information content (AvgIpc) is 2.72. The first kappa shape index (κ1) is 20.2. The first-order chi connectivity index (χ1) is 13.5. The van der Waals surface area contributed by atoms with Gasteiger partial charge in [0.1, 0.15) is 11.5 Å². The Morgan fingerprint density at radius 2 is 1.54 bits per heavy atom. The van der Waals surface area contributed by atoms with Crippen LogP contribution >= 0.6 is 15.9 Å². The molecule has 1 aliphatic heterocycles. The molecule has 6 nitrogen and oxygen atoms in total. The number of carbonyl (C=O) groups excluding carboxylic acids is 2. The number of methoxy groups -OCH3 is 2. The maximum absolute atomic E-state index is 12.8. The third-order valence-corrected chi connectivity index (χ3v) is 5.26. The molecule has 28 heavy (non-hydrogen) atoms. The van der Waals surface area contributed by atoms with Gasteiger partial charge in [-0.1, -0.05) is 28.1 Å². The van der Waals surface area contributed by atoms with Crippen molar-refractivity contribution in [2.24, 2.45) is 0 Å². The van der Waals surface area contributed by atoms with E-state index in [1.165, 1.54) is 0 Å². The molecule has 0 atom stereocenters. The maximum Gasteiger partial charge on any atom is 0.254 e. The van der Waals surface area contributed by atoms with E-state index in [4.69, 9.17) is 9.47 Å². The van der Waals surface area contributed by atoms with E-state index in [1.54, 1.807) is 37.3 Å². The molecule has 0 N–H and O–H groups in total. The van der Waals surface area contributed by atoms with Crippen molar-refractivity contribution in [3.05, 3.63) is 58.1 Å². The van der Waals surface area contributed by atoms with Gasteiger partial charge in [0.05, 0.1) is 20.6 Å². The van der Waals surface area contributed by atoms with Gasteiger partial charge in [-0.05, 0) is 29.8 Å². The van der Waals surface area contributed by atoms with Crippen LogP contribution in [0.15, 0.2) is 46.9 Å². The summed E-state index contributed by atoms with van der Waals surface area (Å²) in [7, 11) is 3.11. The quantitative estimate of drug-likeness (QED) is 0.708. The molecular weight excluding hydrogens is 424 g/mol. The second-order valence-electron chi connectivity index (χ2n) is 6.58. The van der Waals surface area contributed by atoms with Crippen LogP contribution in [0.2, 0.25) is 0 Å². The molecule has 3 rings (SSSR count). The van der Waals surface area contributed by atoms with Gasteiger partial charge in [0, 0.05) is 42.3 Å². The van der Waals surface area contributed by atoms with Crippen LogP contribution in [0.4, 0.5) is 0 Å². The molecule has 0 unspecified atom stereocenters. The summed E-state index contributed by atoms with van der Waals surface area (Å²) in [6.07, 6.45) is 0.362. The molecule has 0 bridgehead atoms. The highest BCUT2D eigenvalue weighted by atomic mass is 79.9. The zero-order chi connectivity index (χ0) is 20.1. The number of benzene rings is 2. The number of hydrogen-bond acceptors (Lipinski definition) is 4. The number of piperazine rings is 1. The summed E-state index contributed by atoms with van der Waals surface area (Å²) in [5, 5.41) is 0. The fourth-order valence-corrected chi connectivity index (χ4v) is 3.65. The van der Waals surface area contributed by atoms with Gasteiger partial charge in [-0.15, -0.1) is 0 Å². The Morgan fingerprint density at radius 3 is 2.11 bits per heavy atom. The van der Waals surface area contributed by atoms with Crippen LogP contribution in [0.1, 0.15) is 15.9 Å². The van der Waals surface area contributed by atoms with Crippen molar-refractivity contribution in [1.29, 1.82) is 0 Å². The molecule has 0 aliphatic carbocycles. The molecule has 7 heteroatoms. The Hall–Kier alpha value is -2.54. The number of ether oxygens (including phenoxy) is 2. The van der Waals surface area contributed by atoms with Gasteiger partial charge >= 0.3 is 0 Å². The maximum atomic E-state index is 12.8. The van der Waals surface area contributed by atoms with Crippen molar-refractivity contribution in [2.75, 3.05) is 40.4 Å². The second-order valence-corrected chi connectivity index (χ2v) is 7.50. The lowest BCUT2D eigenvalue weighted by molar-refractivity contribution is -0.131. The fraction of sp³-hybridized carbons (Fsp3) is 0.333. The summed E-state index contributed by atoms with van der Waals surface area (Å²) in [4.78, 5) is 29.0. The fourth-order valence-electron chi connectivity index (χ4n) is 3.21. The Balaban J connectivity index is 1.60. The summed E-state index contributed by atoms with van der Waals surface area (Å²) in [5.41, 5.74) is 1.49. The van der Waals surface area contributed by atoms with Crippen LogP contribution in [0.5, 0.6) is 11.5 Å². The SMILES string of the molecule is COc1cc(OC)cc(C(=O)N2CCN(C(=O)Cc3cccc(Br)c3)CC2)c1. The third kappa shape index (κ3) is 4.84. The van der Waals surface area contributed by atoms with Crippen LogP contribution in [0.3, 0.4) is 0 Å². The predicted octanol–water partition coefficient (Wildman–Crippen LogP) is 2.99. The molecule has 0 radical (unpaired) electrons. The van der Waals surface area contributed by atoms with Gasteiger partial charge in [-0.2, -0.15) is 0 Å². The lowest BCUT2D eigenvalue weighted by atomic mass is 10.1. The summed E-state index contributed by atoms with van der Waals surface area (Å²) in [6, 6.07) is 12.9. The van der Waals surface area contributed by atoms with Crippen molar-refractivity contribution in [2.45, 2.75) is 6.42 Å². The molecule has 148 valence electrons. The second kappa shape index (κ2) is 9.10. The zero-order valence-electron chi connectivity index (χ0n) is 16.0. The largest absolute Gasteiger partial charge is 0.497 e. The molecule has 1 aliphatic rings. The third-order valence-electron chi connectivity index (χ3n) is 4.76. The van der Waals surface area contributed by atoms with Crippen LogP contribution in [0.25, 0.3) is 0 Å². The number of hydrogen-bond donors (Lipinski definition) is 0. The zero-order valence-corrected chi connectivity index (χ0v) is 17.6. The summed E-state index contributed by atoms with van der Waals surface area (Å²) < 4.78 is 11.4. The van der Waals surface area contributed by atoms with Crippen molar-refractivity contribution in [3.63, 3.8) is 0 Å². The number of nitrogens with zero attached hydrogens (tertiary/aromatic N) is 2. The highest BCUT2D eigenvalue weighted by molar-refractivity contribution is 9.10. The van der Waals surface area contributed by atoms with Gasteiger partial charge in [0.15, 0.2) is 0 Å². The molecule has 0 aromatic heterocycles. The van der Waals surface area contributed by atoms with E-state index in [2.05, 4.69) is 15.9 Å². The highest BCUT2D eigenvalue weighted by Gasteiger charge is 2.25.